The predicted molar refractivity (Wildman–Crippen MR) is 123 cm³/mol. The van der Waals surface area contributed by atoms with Crippen LogP contribution in [0.3, 0.4) is 0 Å². The largest absolute Gasteiger partial charge is 0.496 e. The highest BCUT2D eigenvalue weighted by molar-refractivity contribution is 5.78. The smallest absolute Gasteiger partial charge is 0.227 e. The number of amides is 1. The first-order valence-electron chi connectivity index (χ1n) is 11.3. The van der Waals surface area contributed by atoms with Gasteiger partial charge in [-0.1, -0.05) is 50.2 Å². The number of rotatable bonds is 9. The van der Waals surface area contributed by atoms with Crippen LogP contribution in [0.1, 0.15) is 37.8 Å². The number of hydrogen-bond acceptors (Lipinski definition) is 3. The van der Waals surface area contributed by atoms with Crippen LogP contribution >= 0.6 is 0 Å². The molecule has 0 spiro atoms. The summed E-state index contributed by atoms with van der Waals surface area (Å²) in [5.74, 6) is 1.53. The van der Waals surface area contributed by atoms with E-state index in [4.69, 9.17) is 4.74 Å². The zero-order valence-corrected chi connectivity index (χ0v) is 19.0. The van der Waals surface area contributed by atoms with Crippen molar-refractivity contribution in [3.8, 4) is 5.75 Å². The van der Waals surface area contributed by atoms with Gasteiger partial charge < -0.3 is 9.64 Å². The van der Waals surface area contributed by atoms with Gasteiger partial charge in [-0.2, -0.15) is 0 Å². The third-order valence-corrected chi connectivity index (χ3v) is 6.01. The number of ether oxygens (including phenoxy) is 1. The first-order valence-corrected chi connectivity index (χ1v) is 11.3. The van der Waals surface area contributed by atoms with Crippen molar-refractivity contribution in [3.63, 3.8) is 0 Å². The van der Waals surface area contributed by atoms with Gasteiger partial charge in [-0.25, -0.2) is 4.39 Å². The van der Waals surface area contributed by atoms with Crippen LogP contribution in [0, 0.1) is 17.7 Å². The minimum atomic E-state index is -0.301. The number of halogens is 1. The van der Waals surface area contributed by atoms with Gasteiger partial charge in [-0.05, 0) is 55.5 Å². The van der Waals surface area contributed by atoms with Crippen molar-refractivity contribution in [1.29, 1.82) is 0 Å². The standard InChI is InChI=1S/C26H35FN2O2/c1-20(2)17-29(26(30)16-22-8-4-6-10-24(22)27)18-21-12-14-28(15-13-21)19-23-9-5-7-11-25(23)31-3/h4-11,20-21H,12-19H2,1-3H3. The number of carbonyl (C=O) groups is 1. The molecule has 31 heavy (non-hydrogen) atoms. The van der Waals surface area contributed by atoms with Gasteiger partial charge in [0.15, 0.2) is 0 Å². The van der Waals surface area contributed by atoms with E-state index in [0.717, 1.165) is 44.8 Å². The summed E-state index contributed by atoms with van der Waals surface area (Å²) < 4.78 is 19.5. The topological polar surface area (TPSA) is 32.8 Å². The highest BCUT2D eigenvalue weighted by Crippen LogP contribution is 2.24. The minimum absolute atomic E-state index is 0.0234. The Hall–Kier alpha value is -2.40. The SMILES string of the molecule is COc1ccccc1CN1CCC(CN(CC(C)C)C(=O)Cc2ccccc2F)CC1. The van der Waals surface area contributed by atoms with Crippen LogP contribution in [0.2, 0.25) is 0 Å². The molecule has 3 rings (SSSR count). The van der Waals surface area contributed by atoms with Gasteiger partial charge in [0.1, 0.15) is 11.6 Å². The van der Waals surface area contributed by atoms with E-state index in [2.05, 4.69) is 30.9 Å². The summed E-state index contributed by atoms with van der Waals surface area (Å²) in [6.45, 7) is 8.64. The van der Waals surface area contributed by atoms with Gasteiger partial charge in [0.2, 0.25) is 5.91 Å². The first-order chi connectivity index (χ1) is 15.0. The maximum absolute atomic E-state index is 14.0. The van der Waals surface area contributed by atoms with Crippen molar-refractivity contribution < 1.29 is 13.9 Å². The van der Waals surface area contributed by atoms with E-state index in [1.807, 2.05) is 17.0 Å². The minimum Gasteiger partial charge on any atom is -0.496 e. The monoisotopic (exact) mass is 426 g/mol. The van der Waals surface area contributed by atoms with Crippen molar-refractivity contribution in [2.45, 2.75) is 39.7 Å². The lowest BCUT2D eigenvalue weighted by atomic mass is 9.95. The lowest BCUT2D eigenvalue weighted by Gasteiger charge is -2.35. The predicted octanol–water partition coefficient (Wildman–Crippen LogP) is 4.77. The lowest BCUT2D eigenvalue weighted by Crippen LogP contribution is -2.42. The van der Waals surface area contributed by atoms with E-state index in [1.165, 1.54) is 11.6 Å². The maximum Gasteiger partial charge on any atom is 0.227 e. The molecular formula is C26H35FN2O2. The van der Waals surface area contributed by atoms with Gasteiger partial charge in [-0.15, -0.1) is 0 Å². The third-order valence-electron chi connectivity index (χ3n) is 6.01. The molecule has 1 fully saturated rings. The Morgan fingerprint density at radius 2 is 1.74 bits per heavy atom. The van der Waals surface area contributed by atoms with Crippen molar-refractivity contribution in [2.75, 3.05) is 33.3 Å². The molecular weight excluding hydrogens is 391 g/mol. The van der Waals surface area contributed by atoms with E-state index in [1.54, 1.807) is 25.3 Å². The van der Waals surface area contributed by atoms with Crippen molar-refractivity contribution in [3.05, 3.63) is 65.5 Å². The number of methoxy groups -OCH3 is 1. The molecule has 0 saturated carbocycles. The average Bonchev–Trinajstić information content (AvgIpc) is 2.76. The van der Waals surface area contributed by atoms with Crippen LogP contribution in [0.15, 0.2) is 48.5 Å². The summed E-state index contributed by atoms with van der Waals surface area (Å²) in [6, 6.07) is 14.8. The van der Waals surface area contributed by atoms with Crippen LogP contribution in [0.5, 0.6) is 5.75 Å². The highest BCUT2D eigenvalue weighted by atomic mass is 19.1. The van der Waals surface area contributed by atoms with Crippen molar-refractivity contribution >= 4 is 5.91 Å². The molecule has 2 aromatic carbocycles. The van der Waals surface area contributed by atoms with E-state index in [9.17, 15) is 9.18 Å². The molecule has 0 bridgehead atoms. The Bertz CT molecular complexity index is 847. The van der Waals surface area contributed by atoms with Gasteiger partial charge in [0, 0.05) is 25.2 Å². The van der Waals surface area contributed by atoms with Gasteiger partial charge in [0.25, 0.3) is 0 Å². The number of para-hydroxylation sites is 1. The van der Waals surface area contributed by atoms with Gasteiger partial charge >= 0.3 is 0 Å². The second-order valence-electron chi connectivity index (χ2n) is 8.99. The van der Waals surface area contributed by atoms with E-state index >= 15 is 0 Å². The molecule has 4 nitrogen and oxygen atoms in total. The molecule has 5 heteroatoms. The molecule has 0 atom stereocenters. The van der Waals surface area contributed by atoms with E-state index < -0.39 is 0 Å². The Morgan fingerprint density at radius 1 is 1.10 bits per heavy atom. The summed E-state index contributed by atoms with van der Waals surface area (Å²) in [7, 11) is 1.71. The summed E-state index contributed by atoms with van der Waals surface area (Å²) in [4.78, 5) is 17.4. The van der Waals surface area contributed by atoms with Crippen LogP contribution in [-0.2, 0) is 17.8 Å². The average molecular weight is 427 g/mol. The zero-order chi connectivity index (χ0) is 22.2. The lowest BCUT2D eigenvalue weighted by molar-refractivity contribution is -0.132. The summed E-state index contributed by atoms with van der Waals surface area (Å²) in [6.07, 6.45) is 2.26. The molecule has 0 aliphatic carbocycles. The van der Waals surface area contributed by atoms with Crippen LogP contribution < -0.4 is 4.74 Å². The molecule has 0 aromatic heterocycles. The number of benzene rings is 2. The quantitative estimate of drug-likeness (QED) is 0.579. The van der Waals surface area contributed by atoms with Crippen LogP contribution in [-0.4, -0.2) is 49.0 Å². The molecule has 0 radical (unpaired) electrons. The molecule has 2 aromatic rings. The Labute approximate surface area is 186 Å². The Balaban J connectivity index is 1.55. The van der Waals surface area contributed by atoms with Crippen LogP contribution in [0.4, 0.5) is 4.39 Å². The maximum atomic E-state index is 14.0. The number of hydrogen-bond donors (Lipinski definition) is 0. The molecule has 1 heterocycles. The highest BCUT2D eigenvalue weighted by Gasteiger charge is 2.25. The summed E-state index contributed by atoms with van der Waals surface area (Å²) in [5, 5.41) is 0. The van der Waals surface area contributed by atoms with Crippen molar-refractivity contribution in [1.82, 2.24) is 9.80 Å². The number of likely N-dealkylation sites (tertiary alicyclic amines) is 1. The van der Waals surface area contributed by atoms with Crippen LogP contribution in [0.25, 0.3) is 0 Å². The Kier molecular flexibility index (Phi) is 8.47. The normalized spacial score (nSPS) is 15.3. The fourth-order valence-corrected chi connectivity index (χ4v) is 4.35. The molecule has 1 saturated heterocycles. The van der Waals surface area contributed by atoms with Crippen molar-refractivity contribution in [2.24, 2.45) is 11.8 Å². The number of carbonyl (C=O) groups excluding carboxylic acids is 1. The third kappa shape index (κ3) is 6.79. The van der Waals surface area contributed by atoms with Gasteiger partial charge in [-0.3, -0.25) is 9.69 Å². The van der Waals surface area contributed by atoms with Gasteiger partial charge in [0.05, 0.1) is 13.5 Å². The summed E-state index contributed by atoms with van der Waals surface area (Å²) in [5.41, 5.74) is 1.69. The second kappa shape index (κ2) is 11.3. The molecule has 168 valence electrons. The number of piperidine rings is 1. The van der Waals surface area contributed by atoms with E-state index in [0.29, 0.717) is 23.9 Å². The first kappa shape index (κ1) is 23.3. The zero-order valence-electron chi connectivity index (χ0n) is 19.0. The molecule has 1 amide bonds. The molecule has 0 unspecified atom stereocenters. The Morgan fingerprint density at radius 3 is 2.39 bits per heavy atom. The summed E-state index contributed by atoms with van der Waals surface area (Å²) >= 11 is 0. The fourth-order valence-electron chi connectivity index (χ4n) is 4.35. The van der Waals surface area contributed by atoms with E-state index in [-0.39, 0.29) is 18.1 Å². The molecule has 1 aliphatic rings. The molecule has 0 N–H and O–H groups in total. The molecule has 1 aliphatic heterocycles. The fraction of sp³-hybridized carbons (Fsp3) is 0.500. The second-order valence-corrected chi connectivity index (χ2v) is 8.99. The number of nitrogens with zero attached hydrogens (tertiary/aromatic N) is 2.